The SMILES string of the molecule is CCCc1onc(-c2cc(C)ccc2C)c1C(=O)O. The smallest absolute Gasteiger partial charge is 0.341 e. The zero-order valence-electron chi connectivity index (χ0n) is 11.4. The molecule has 0 saturated carbocycles. The van der Waals surface area contributed by atoms with Gasteiger partial charge in [-0.2, -0.15) is 0 Å². The van der Waals surface area contributed by atoms with Gasteiger partial charge < -0.3 is 9.63 Å². The van der Waals surface area contributed by atoms with Gasteiger partial charge in [-0.15, -0.1) is 0 Å². The van der Waals surface area contributed by atoms with Crippen molar-refractivity contribution in [2.45, 2.75) is 33.6 Å². The molecule has 0 aliphatic heterocycles. The van der Waals surface area contributed by atoms with Crippen molar-refractivity contribution in [3.63, 3.8) is 0 Å². The summed E-state index contributed by atoms with van der Waals surface area (Å²) in [5, 5.41) is 13.4. The third kappa shape index (κ3) is 2.52. The van der Waals surface area contributed by atoms with Crippen LogP contribution in [0.1, 0.15) is 40.6 Å². The van der Waals surface area contributed by atoms with Crippen LogP contribution in [0.25, 0.3) is 11.3 Å². The highest BCUT2D eigenvalue weighted by Crippen LogP contribution is 2.29. The standard InChI is InChI=1S/C15H17NO3/c1-4-5-12-13(15(17)18)14(16-19-12)11-8-9(2)6-7-10(11)3/h6-8H,4-5H2,1-3H3,(H,17,18). The molecule has 2 rings (SSSR count). The number of hydrogen-bond donors (Lipinski definition) is 1. The van der Waals surface area contributed by atoms with E-state index in [0.29, 0.717) is 17.9 Å². The summed E-state index contributed by atoms with van der Waals surface area (Å²) in [5.41, 5.74) is 3.50. The summed E-state index contributed by atoms with van der Waals surface area (Å²) < 4.78 is 5.22. The van der Waals surface area contributed by atoms with Crippen LogP contribution >= 0.6 is 0 Å². The van der Waals surface area contributed by atoms with Gasteiger partial charge >= 0.3 is 5.97 Å². The molecule has 0 aliphatic rings. The summed E-state index contributed by atoms with van der Waals surface area (Å²) in [7, 11) is 0. The van der Waals surface area contributed by atoms with Crippen LogP contribution in [0.3, 0.4) is 0 Å². The summed E-state index contributed by atoms with van der Waals surface area (Å²) in [4.78, 5) is 11.4. The van der Waals surface area contributed by atoms with Gasteiger partial charge in [-0.3, -0.25) is 0 Å². The molecule has 1 aromatic carbocycles. The van der Waals surface area contributed by atoms with E-state index in [1.54, 1.807) is 0 Å². The molecule has 0 spiro atoms. The van der Waals surface area contributed by atoms with Crippen molar-refractivity contribution in [1.82, 2.24) is 5.16 Å². The van der Waals surface area contributed by atoms with E-state index in [4.69, 9.17) is 4.52 Å². The van der Waals surface area contributed by atoms with Gasteiger partial charge in [0, 0.05) is 12.0 Å². The molecule has 0 saturated heterocycles. The Morgan fingerprint density at radius 2 is 2.11 bits per heavy atom. The lowest BCUT2D eigenvalue weighted by Gasteiger charge is -2.05. The molecule has 2 aromatic rings. The highest BCUT2D eigenvalue weighted by Gasteiger charge is 2.23. The zero-order chi connectivity index (χ0) is 14.0. The first-order valence-electron chi connectivity index (χ1n) is 6.34. The van der Waals surface area contributed by atoms with Crippen molar-refractivity contribution in [3.8, 4) is 11.3 Å². The Morgan fingerprint density at radius 1 is 1.37 bits per heavy atom. The van der Waals surface area contributed by atoms with Gasteiger partial charge in [-0.25, -0.2) is 4.79 Å². The summed E-state index contributed by atoms with van der Waals surface area (Å²) in [5.74, 6) is -0.536. The number of rotatable bonds is 4. The second kappa shape index (κ2) is 5.26. The fraction of sp³-hybridized carbons (Fsp3) is 0.333. The van der Waals surface area contributed by atoms with Crippen LogP contribution in [0.2, 0.25) is 0 Å². The Morgan fingerprint density at radius 3 is 2.74 bits per heavy atom. The Balaban J connectivity index is 2.62. The molecule has 0 amide bonds. The predicted octanol–water partition coefficient (Wildman–Crippen LogP) is 3.61. The monoisotopic (exact) mass is 259 g/mol. The molecule has 1 aromatic heterocycles. The highest BCUT2D eigenvalue weighted by atomic mass is 16.5. The first-order chi connectivity index (χ1) is 9.04. The van der Waals surface area contributed by atoms with Gasteiger partial charge in [-0.05, 0) is 31.9 Å². The minimum atomic E-state index is -0.986. The lowest BCUT2D eigenvalue weighted by molar-refractivity contribution is 0.0695. The van der Waals surface area contributed by atoms with Crippen LogP contribution in [-0.2, 0) is 6.42 Å². The van der Waals surface area contributed by atoms with E-state index in [1.807, 2.05) is 39.0 Å². The van der Waals surface area contributed by atoms with Crippen LogP contribution in [0.15, 0.2) is 22.7 Å². The molecule has 0 radical (unpaired) electrons. The minimum Gasteiger partial charge on any atom is -0.477 e. The zero-order valence-corrected chi connectivity index (χ0v) is 11.4. The Labute approximate surface area is 112 Å². The van der Waals surface area contributed by atoms with Crippen molar-refractivity contribution in [2.24, 2.45) is 0 Å². The largest absolute Gasteiger partial charge is 0.477 e. The molecule has 0 atom stereocenters. The van der Waals surface area contributed by atoms with Crippen LogP contribution in [0.5, 0.6) is 0 Å². The Hall–Kier alpha value is -2.10. The number of nitrogens with zero attached hydrogens (tertiary/aromatic N) is 1. The molecule has 4 heteroatoms. The summed E-state index contributed by atoms with van der Waals surface area (Å²) in [6.45, 7) is 5.89. The molecular weight excluding hydrogens is 242 g/mol. The summed E-state index contributed by atoms with van der Waals surface area (Å²) >= 11 is 0. The van der Waals surface area contributed by atoms with Crippen molar-refractivity contribution < 1.29 is 14.4 Å². The second-order valence-electron chi connectivity index (χ2n) is 4.70. The normalized spacial score (nSPS) is 10.7. The number of hydrogen-bond acceptors (Lipinski definition) is 3. The molecule has 0 bridgehead atoms. The van der Waals surface area contributed by atoms with E-state index in [-0.39, 0.29) is 5.56 Å². The van der Waals surface area contributed by atoms with Crippen LogP contribution in [0, 0.1) is 13.8 Å². The Bertz CT molecular complexity index is 614. The Kier molecular flexibility index (Phi) is 3.69. The molecule has 19 heavy (non-hydrogen) atoms. The maximum absolute atomic E-state index is 11.4. The first kappa shape index (κ1) is 13.3. The molecular formula is C15H17NO3. The average molecular weight is 259 g/mol. The minimum absolute atomic E-state index is 0.190. The van der Waals surface area contributed by atoms with Crippen molar-refractivity contribution in [2.75, 3.05) is 0 Å². The van der Waals surface area contributed by atoms with E-state index in [9.17, 15) is 9.90 Å². The fourth-order valence-corrected chi connectivity index (χ4v) is 2.12. The predicted molar refractivity (Wildman–Crippen MR) is 72.4 cm³/mol. The molecule has 0 fully saturated rings. The number of aromatic nitrogens is 1. The van der Waals surface area contributed by atoms with E-state index in [0.717, 1.165) is 23.1 Å². The summed E-state index contributed by atoms with van der Waals surface area (Å²) in [6, 6.07) is 5.89. The third-order valence-electron chi connectivity index (χ3n) is 3.10. The average Bonchev–Trinajstić information content (AvgIpc) is 2.76. The second-order valence-corrected chi connectivity index (χ2v) is 4.70. The third-order valence-corrected chi connectivity index (χ3v) is 3.10. The molecule has 0 unspecified atom stereocenters. The number of benzene rings is 1. The molecule has 0 aliphatic carbocycles. The van der Waals surface area contributed by atoms with E-state index in [1.165, 1.54) is 0 Å². The highest BCUT2D eigenvalue weighted by molar-refractivity contribution is 5.96. The topological polar surface area (TPSA) is 63.3 Å². The number of aryl methyl sites for hydroxylation is 3. The number of carboxylic acids is 1. The van der Waals surface area contributed by atoms with Gasteiger partial charge in [0.2, 0.25) is 0 Å². The molecule has 1 heterocycles. The molecule has 4 nitrogen and oxygen atoms in total. The number of carbonyl (C=O) groups is 1. The lowest BCUT2D eigenvalue weighted by atomic mass is 9.98. The van der Waals surface area contributed by atoms with Gasteiger partial charge in [0.1, 0.15) is 11.3 Å². The van der Waals surface area contributed by atoms with Gasteiger partial charge in [0.05, 0.1) is 0 Å². The molecule has 100 valence electrons. The van der Waals surface area contributed by atoms with Crippen LogP contribution in [0.4, 0.5) is 0 Å². The first-order valence-corrected chi connectivity index (χ1v) is 6.34. The van der Waals surface area contributed by atoms with Crippen LogP contribution < -0.4 is 0 Å². The van der Waals surface area contributed by atoms with Crippen LogP contribution in [-0.4, -0.2) is 16.2 Å². The van der Waals surface area contributed by atoms with E-state index in [2.05, 4.69) is 5.16 Å². The van der Waals surface area contributed by atoms with Crippen molar-refractivity contribution in [1.29, 1.82) is 0 Å². The maximum atomic E-state index is 11.4. The van der Waals surface area contributed by atoms with Crippen molar-refractivity contribution in [3.05, 3.63) is 40.6 Å². The lowest BCUT2D eigenvalue weighted by Crippen LogP contribution is -2.02. The molecule has 1 N–H and O–H groups in total. The van der Waals surface area contributed by atoms with Crippen molar-refractivity contribution >= 4 is 5.97 Å². The number of carboxylic acid groups (broad SMARTS) is 1. The van der Waals surface area contributed by atoms with Gasteiger partial charge in [0.15, 0.2) is 5.76 Å². The maximum Gasteiger partial charge on any atom is 0.341 e. The quantitative estimate of drug-likeness (QED) is 0.911. The number of aromatic carboxylic acids is 1. The van der Waals surface area contributed by atoms with E-state index >= 15 is 0 Å². The summed E-state index contributed by atoms with van der Waals surface area (Å²) in [6.07, 6.45) is 1.40. The van der Waals surface area contributed by atoms with Gasteiger partial charge in [-0.1, -0.05) is 29.8 Å². The van der Waals surface area contributed by atoms with Gasteiger partial charge in [0.25, 0.3) is 0 Å². The van der Waals surface area contributed by atoms with E-state index < -0.39 is 5.97 Å². The fourth-order valence-electron chi connectivity index (χ4n) is 2.12.